The molecule has 0 aromatic rings. The lowest BCUT2D eigenvalue weighted by Gasteiger charge is -2.45. The van der Waals surface area contributed by atoms with Gasteiger partial charge >= 0.3 is 0 Å². The lowest BCUT2D eigenvalue weighted by molar-refractivity contribution is -0.0766. The highest BCUT2D eigenvalue weighted by Gasteiger charge is 2.53. The molecule has 2 unspecified atom stereocenters. The first-order valence-electron chi connectivity index (χ1n) is 6.79. The van der Waals surface area contributed by atoms with Gasteiger partial charge in [0, 0.05) is 0 Å². The summed E-state index contributed by atoms with van der Waals surface area (Å²) in [4.78, 5) is 0. The van der Waals surface area contributed by atoms with Crippen LogP contribution in [0.4, 0.5) is 0 Å². The second-order valence-corrected chi connectivity index (χ2v) is 5.80. The molecule has 2 rings (SSSR count). The quantitative estimate of drug-likeness (QED) is 0.776. The Hall–Kier alpha value is -0.550. The first kappa shape index (κ1) is 11.9. The van der Waals surface area contributed by atoms with Gasteiger partial charge in [-0.25, -0.2) is 0 Å². The highest BCUT2D eigenvalue weighted by Crippen LogP contribution is 2.53. The molecule has 2 aliphatic rings. The third-order valence-electron chi connectivity index (χ3n) is 4.97. The summed E-state index contributed by atoms with van der Waals surface area (Å²) in [6.45, 7) is 2.21. The number of aliphatic hydroxyl groups is 1. The number of hydrogen-bond acceptors (Lipinski definition) is 2. The topological polar surface area (TPSA) is 44.0 Å². The van der Waals surface area contributed by atoms with Crippen LogP contribution in [0.5, 0.6) is 0 Å². The molecule has 0 heterocycles. The van der Waals surface area contributed by atoms with E-state index in [2.05, 4.69) is 13.0 Å². The Morgan fingerprint density at radius 1 is 1.25 bits per heavy atom. The monoisotopic (exact) mass is 221 g/mol. The van der Waals surface area contributed by atoms with Gasteiger partial charge in [0.05, 0.1) is 17.1 Å². The molecule has 2 saturated carbocycles. The van der Waals surface area contributed by atoms with Crippen LogP contribution in [0.3, 0.4) is 0 Å². The first-order chi connectivity index (χ1) is 7.66. The Kier molecular flexibility index (Phi) is 3.26. The van der Waals surface area contributed by atoms with Crippen molar-refractivity contribution in [2.45, 2.75) is 70.3 Å². The second kappa shape index (κ2) is 4.37. The number of nitrogens with zero attached hydrogens (tertiary/aromatic N) is 1. The van der Waals surface area contributed by atoms with Crippen molar-refractivity contribution in [2.24, 2.45) is 11.3 Å². The minimum absolute atomic E-state index is 0.428. The van der Waals surface area contributed by atoms with Crippen molar-refractivity contribution >= 4 is 0 Å². The molecule has 0 aromatic carbocycles. The van der Waals surface area contributed by atoms with Crippen LogP contribution in [0.15, 0.2) is 0 Å². The summed E-state index contributed by atoms with van der Waals surface area (Å²) in [7, 11) is 0. The minimum atomic E-state index is -0.671. The molecule has 0 saturated heterocycles. The maximum atomic E-state index is 10.8. The molecule has 2 atom stereocenters. The summed E-state index contributed by atoms with van der Waals surface area (Å²) in [6, 6.07) is 2.51. The van der Waals surface area contributed by atoms with E-state index in [0.717, 1.165) is 51.4 Å². The van der Waals surface area contributed by atoms with Gasteiger partial charge in [-0.3, -0.25) is 0 Å². The molecule has 0 aliphatic heterocycles. The zero-order valence-electron chi connectivity index (χ0n) is 10.3. The molecular formula is C14H23NO. The molecule has 2 aliphatic carbocycles. The first-order valence-corrected chi connectivity index (χ1v) is 6.79. The van der Waals surface area contributed by atoms with Crippen LogP contribution >= 0.6 is 0 Å². The van der Waals surface area contributed by atoms with E-state index in [1.165, 1.54) is 6.42 Å². The molecule has 2 heteroatoms. The summed E-state index contributed by atoms with van der Waals surface area (Å²) in [5.41, 5.74) is -1.10. The molecule has 16 heavy (non-hydrogen) atoms. The molecule has 2 nitrogen and oxygen atoms in total. The highest BCUT2D eigenvalue weighted by molar-refractivity contribution is 5.14. The number of nitriles is 1. The molecule has 0 bridgehead atoms. The predicted octanol–water partition coefficient (Wildman–Crippen LogP) is 3.40. The van der Waals surface area contributed by atoms with E-state index in [1.54, 1.807) is 0 Å². The highest BCUT2D eigenvalue weighted by atomic mass is 16.3. The zero-order valence-corrected chi connectivity index (χ0v) is 10.3. The summed E-state index contributed by atoms with van der Waals surface area (Å²) >= 11 is 0. The number of hydrogen-bond donors (Lipinski definition) is 1. The fraction of sp³-hybridized carbons (Fsp3) is 0.929. The van der Waals surface area contributed by atoms with Gasteiger partial charge in [-0.2, -0.15) is 5.26 Å². The van der Waals surface area contributed by atoms with Gasteiger partial charge in [-0.1, -0.05) is 39.0 Å². The molecule has 90 valence electrons. The summed E-state index contributed by atoms with van der Waals surface area (Å²) in [6.07, 6.45) is 9.23. The van der Waals surface area contributed by atoms with Crippen LogP contribution in [0.25, 0.3) is 0 Å². The molecule has 2 fully saturated rings. The van der Waals surface area contributed by atoms with Crippen molar-refractivity contribution in [1.82, 2.24) is 0 Å². The lowest BCUT2D eigenvalue weighted by Crippen LogP contribution is -2.48. The van der Waals surface area contributed by atoms with Crippen LogP contribution in [0, 0.1) is 22.7 Å². The summed E-state index contributed by atoms with van der Waals surface area (Å²) in [5.74, 6) is 0.651. The van der Waals surface area contributed by atoms with E-state index in [4.69, 9.17) is 0 Å². The second-order valence-electron chi connectivity index (χ2n) is 5.80. The fourth-order valence-electron chi connectivity index (χ4n) is 3.80. The van der Waals surface area contributed by atoms with Crippen molar-refractivity contribution in [3.8, 4) is 6.07 Å². The maximum absolute atomic E-state index is 10.8. The average molecular weight is 221 g/mol. The van der Waals surface area contributed by atoms with Crippen molar-refractivity contribution < 1.29 is 5.11 Å². The van der Waals surface area contributed by atoms with E-state index in [0.29, 0.717) is 5.92 Å². The van der Waals surface area contributed by atoms with Gasteiger partial charge in [0.15, 0.2) is 0 Å². The van der Waals surface area contributed by atoms with Crippen molar-refractivity contribution in [1.29, 1.82) is 5.26 Å². The lowest BCUT2D eigenvalue weighted by atomic mass is 9.60. The van der Waals surface area contributed by atoms with Crippen LogP contribution in [-0.2, 0) is 0 Å². The third-order valence-corrected chi connectivity index (χ3v) is 4.97. The Morgan fingerprint density at radius 3 is 2.50 bits per heavy atom. The van der Waals surface area contributed by atoms with E-state index >= 15 is 0 Å². The minimum Gasteiger partial charge on any atom is -0.388 e. The Balaban J connectivity index is 2.21. The van der Waals surface area contributed by atoms with Crippen molar-refractivity contribution in [3.05, 3.63) is 0 Å². The van der Waals surface area contributed by atoms with Gasteiger partial charge in [0.25, 0.3) is 0 Å². The Bertz CT molecular complexity index is 288. The predicted molar refractivity (Wildman–Crippen MR) is 63.7 cm³/mol. The van der Waals surface area contributed by atoms with E-state index in [-0.39, 0.29) is 0 Å². The van der Waals surface area contributed by atoms with Crippen LogP contribution < -0.4 is 0 Å². The maximum Gasteiger partial charge on any atom is 0.0862 e. The Labute approximate surface area is 98.7 Å². The number of rotatable bonds is 2. The smallest absolute Gasteiger partial charge is 0.0862 e. The molecule has 0 spiro atoms. The van der Waals surface area contributed by atoms with Crippen LogP contribution in [0.2, 0.25) is 0 Å². The van der Waals surface area contributed by atoms with Gasteiger partial charge in [0.2, 0.25) is 0 Å². The average Bonchev–Trinajstić information content (AvgIpc) is 2.77. The molecule has 0 amide bonds. The Morgan fingerprint density at radius 2 is 1.94 bits per heavy atom. The molecule has 0 radical (unpaired) electrons. The van der Waals surface area contributed by atoms with Gasteiger partial charge in [0.1, 0.15) is 0 Å². The SMILES string of the molecule is CCC1CCCC(C#N)(C2(O)CCCC2)C1. The standard InChI is InChI=1S/C14H23NO/c1-2-12-6-5-7-13(10-12,11-15)14(16)8-3-4-9-14/h12,16H,2-10H2,1H3. The molecular weight excluding hydrogens is 198 g/mol. The van der Waals surface area contributed by atoms with Crippen LogP contribution in [-0.4, -0.2) is 10.7 Å². The van der Waals surface area contributed by atoms with Gasteiger partial charge < -0.3 is 5.11 Å². The van der Waals surface area contributed by atoms with Crippen molar-refractivity contribution in [3.63, 3.8) is 0 Å². The zero-order chi connectivity index (χ0) is 11.6. The largest absolute Gasteiger partial charge is 0.388 e. The summed E-state index contributed by atoms with van der Waals surface area (Å²) in [5, 5.41) is 20.3. The van der Waals surface area contributed by atoms with Gasteiger partial charge in [-0.05, 0) is 31.6 Å². The fourth-order valence-corrected chi connectivity index (χ4v) is 3.80. The molecule has 0 aromatic heterocycles. The third kappa shape index (κ3) is 1.76. The van der Waals surface area contributed by atoms with E-state index in [9.17, 15) is 10.4 Å². The van der Waals surface area contributed by atoms with Gasteiger partial charge in [-0.15, -0.1) is 0 Å². The van der Waals surface area contributed by atoms with E-state index < -0.39 is 11.0 Å². The van der Waals surface area contributed by atoms with E-state index in [1.807, 2.05) is 0 Å². The van der Waals surface area contributed by atoms with Crippen molar-refractivity contribution in [2.75, 3.05) is 0 Å². The normalized spacial score (nSPS) is 38.2. The molecule has 1 N–H and O–H groups in total. The summed E-state index contributed by atoms with van der Waals surface area (Å²) < 4.78 is 0. The van der Waals surface area contributed by atoms with Crippen LogP contribution in [0.1, 0.15) is 64.7 Å².